The predicted molar refractivity (Wildman–Crippen MR) is 82.6 cm³/mol. The highest BCUT2D eigenvalue weighted by Crippen LogP contribution is 2.20. The number of rotatable bonds is 4. The molecule has 2 rings (SSSR count). The summed E-state index contributed by atoms with van der Waals surface area (Å²) in [4.78, 5) is 16.3. The van der Waals surface area contributed by atoms with Crippen LogP contribution in [-0.2, 0) is 6.42 Å². The van der Waals surface area contributed by atoms with Gasteiger partial charge in [0.2, 0.25) is 0 Å². The summed E-state index contributed by atoms with van der Waals surface area (Å²) in [6.45, 7) is 2.07. The SMILES string of the molecule is CCc1cccc(NC(=O)c2cc(NC)ncc2Cl)c1. The number of halogens is 1. The lowest BCUT2D eigenvalue weighted by Gasteiger charge is -2.09. The van der Waals surface area contributed by atoms with Gasteiger partial charge in [-0.05, 0) is 30.2 Å². The molecule has 0 atom stereocenters. The van der Waals surface area contributed by atoms with Crippen molar-refractivity contribution in [1.29, 1.82) is 0 Å². The molecule has 0 saturated heterocycles. The quantitative estimate of drug-likeness (QED) is 0.904. The highest BCUT2D eigenvalue weighted by atomic mass is 35.5. The first-order valence-electron chi connectivity index (χ1n) is 6.37. The van der Waals surface area contributed by atoms with Crippen LogP contribution in [0.5, 0.6) is 0 Å². The molecule has 0 aliphatic heterocycles. The van der Waals surface area contributed by atoms with Crippen LogP contribution < -0.4 is 10.6 Å². The van der Waals surface area contributed by atoms with Crippen LogP contribution in [0.15, 0.2) is 36.5 Å². The van der Waals surface area contributed by atoms with E-state index < -0.39 is 0 Å². The zero-order valence-electron chi connectivity index (χ0n) is 11.4. The molecule has 4 nitrogen and oxygen atoms in total. The lowest BCUT2D eigenvalue weighted by Crippen LogP contribution is -2.13. The van der Waals surface area contributed by atoms with E-state index >= 15 is 0 Å². The molecule has 1 aromatic carbocycles. The minimum absolute atomic E-state index is 0.248. The maximum Gasteiger partial charge on any atom is 0.257 e. The number of nitrogens with one attached hydrogen (secondary N) is 2. The van der Waals surface area contributed by atoms with Gasteiger partial charge in [0.1, 0.15) is 5.82 Å². The molecule has 2 aromatic rings. The standard InChI is InChI=1S/C15H16ClN3O/c1-3-10-5-4-6-11(7-10)19-15(20)12-8-14(17-2)18-9-13(12)16/h4-9H,3H2,1-2H3,(H,17,18)(H,19,20). The molecule has 104 valence electrons. The summed E-state index contributed by atoms with van der Waals surface area (Å²) >= 11 is 6.02. The van der Waals surface area contributed by atoms with E-state index in [1.807, 2.05) is 24.3 Å². The van der Waals surface area contributed by atoms with Crippen LogP contribution >= 0.6 is 11.6 Å². The summed E-state index contributed by atoms with van der Waals surface area (Å²) in [5.74, 6) is 0.351. The number of carbonyl (C=O) groups is 1. The van der Waals surface area contributed by atoms with E-state index in [0.717, 1.165) is 12.1 Å². The Hall–Kier alpha value is -2.07. The average molecular weight is 290 g/mol. The van der Waals surface area contributed by atoms with Crippen molar-refractivity contribution in [3.63, 3.8) is 0 Å². The largest absolute Gasteiger partial charge is 0.373 e. The van der Waals surface area contributed by atoms with E-state index in [1.165, 1.54) is 11.8 Å². The number of hydrogen-bond donors (Lipinski definition) is 2. The molecule has 0 aliphatic rings. The van der Waals surface area contributed by atoms with Crippen LogP contribution in [0.1, 0.15) is 22.8 Å². The highest BCUT2D eigenvalue weighted by Gasteiger charge is 2.12. The number of nitrogens with zero attached hydrogens (tertiary/aromatic N) is 1. The summed E-state index contributed by atoms with van der Waals surface area (Å²) < 4.78 is 0. The van der Waals surface area contributed by atoms with Crippen molar-refractivity contribution >= 4 is 29.0 Å². The lowest BCUT2D eigenvalue weighted by atomic mass is 10.1. The van der Waals surface area contributed by atoms with Gasteiger partial charge >= 0.3 is 0 Å². The number of carbonyl (C=O) groups excluding carboxylic acids is 1. The minimum Gasteiger partial charge on any atom is -0.373 e. The first-order valence-corrected chi connectivity index (χ1v) is 6.75. The second-order valence-electron chi connectivity index (χ2n) is 4.31. The molecule has 0 fully saturated rings. The van der Waals surface area contributed by atoms with Crippen molar-refractivity contribution in [3.05, 3.63) is 52.7 Å². The fourth-order valence-electron chi connectivity index (χ4n) is 1.82. The van der Waals surface area contributed by atoms with Gasteiger partial charge in [0.15, 0.2) is 0 Å². The first-order chi connectivity index (χ1) is 9.63. The van der Waals surface area contributed by atoms with Crippen LogP contribution in [0.3, 0.4) is 0 Å². The van der Waals surface area contributed by atoms with E-state index in [9.17, 15) is 4.79 Å². The molecule has 0 unspecified atom stereocenters. The van der Waals surface area contributed by atoms with Gasteiger partial charge in [0, 0.05) is 18.9 Å². The molecule has 1 aromatic heterocycles. The van der Waals surface area contributed by atoms with E-state index in [0.29, 0.717) is 16.4 Å². The Morgan fingerprint density at radius 1 is 1.35 bits per heavy atom. The molecule has 20 heavy (non-hydrogen) atoms. The summed E-state index contributed by atoms with van der Waals surface area (Å²) in [6.07, 6.45) is 2.38. The molecular formula is C15H16ClN3O. The molecule has 1 amide bonds. The fraction of sp³-hybridized carbons (Fsp3) is 0.200. The van der Waals surface area contributed by atoms with Crippen molar-refractivity contribution in [2.45, 2.75) is 13.3 Å². The molecular weight excluding hydrogens is 274 g/mol. The molecule has 5 heteroatoms. The molecule has 0 radical (unpaired) electrons. The number of aromatic nitrogens is 1. The second-order valence-corrected chi connectivity index (χ2v) is 4.71. The molecule has 0 saturated carbocycles. The summed E-state index contributed by atoms with van der Waals surface area (Å²) in [6, 6.07) is 9.37. The Bertz CT molecular complexity index is 628. The second kappa shape index (κ2) is 6.39. The number of benzene rings is 1. The number of pyridine rings is 1. The molecule has 0 aliphatic carbocycles. The summed E-state index contributed by atoms with van der Waals surface area (Å²) in [5.41, 5.74) is 2.32. The first kappa shape index (κ1) is 14.3. The van der Waals surface area contributed by atoms with Crippen molar-refractivity contribution in [2.75, 3.05) is 17.7 Å². The van der Waals surface area contributed by atoms with Crippen LogP contribution in [-0.4, -0.2) is 17.9 Å². The number of aryl methyl sites for hydroxylation is 1. The maximum absolute atomic E-state index is 12.3. The Morgan fingerprint density at radius 3 is 2.85 bits per heavy atom. The minimum atomic E-state index is -0.248. The third-order valence-corrected chi connectivity index (χ3v) is 3.25. The van der Waals surface area contributed by atoms with Gasteiger partial charge in [-0.15, -0.1) is 0 Å². The molecule has 0 spiro atoms. The molecule has 0 bridgehead atoms. The average Bonchev–Trinajstić information content (AvgIpc) is 2.47. The summed E-state index contributed by atoms with van der Waals surface area (Å²) in [5, 5.41) is 6.05. The van der Waals surface area contributed by atoms with Gasteiger partial charge in [-0.3, -0.25) is 4.79 Å². The van der Waals surface area contributed by atoms with Gasteiger partial charge in [-0.25, -0.2) is 4.98 Å². The van der Waals surface area contributed by atoms with Crippen LogP contribution in [0.4, 0.5) is 11.5 Å². The Balaban J connectivity index is 2.23. The van der Waals surface area contributed by atoms with Gasteiger partial charge in [0.05, 0.1) is 10.6 Å². The smallest absolute Gasteiger partial charge is 0.257 e. The fourth-order valence-corrected chi connectivity index (χ4v) is 2.01. The van der Waals surface area contributed by atoms with Crippen molar-refractivity contribution in [2.24, 2.45) is 0 Å². The Kier molecular flexibility index (Phi) is 4.58. The third-order valence-electron chi connectivity index (χ3n) is 2.95. The Labute approximate surface area is 123 Å². The van der Waals surface area contributed by atoms with Crippen LogP contribution in [0, 0.1) is 0 Å². The lowest BCUT2D eigenvalue weighted by molar-refractivity contribution is 0.102. The molecule has 1 heterocycles. The molecule has 2 N–H and O–H groups in total. The number of anilines is 2. The summed E-state index contributed by atoms with van der Waals surface area (Å²) in [7, 11) is 1.74. The van der Waals surface area contributed by atoms with E-state index in [1.54, 1.807) is 13.1 Å². The van der Waals surface area contributed by atoms with E-state index in [-0.39, 0.29) is 5.91 Å². The zero-order chi connectivity index (χ0) is 14.5. The van der Waals surface area contributed by atoms with Crippen molar-refractivity contribution in [1.82, 2.24) is 4.98 Å². The van der Waals surface area contributed by atoms with Crippen molar-refractivity contribution in [3.8, 4) is 0 Å². The van der Waals surface area contributed by atoms with E-state index in [2.05, 4.69) is 22.5 Å². The van der Waals surface area contributed by atoms with Crippen LogP contribution in [0.25, 0.3) is 0 Å². The van der Waals surface area contributed by atoms with Gasteiger partial charge in [0.25, 0.3) is 5.91 Å². The third kappa shape index (κ3) is 3.27. The van der Waals surface area contributed by atoms with Crippen LogP contribution in [0.2, 0.25) is 5.02 Å². The van der Waals surface area contributed by atoms with E-state index in [4.69, 9.17) is 11.6 Å². The zero-order valence-corrected chi connectivity index (χ0v) is 12.2. The Morgan fingerprint density at radius 2 is 2.15 bits per heavy atom. The normalized spacial score (nSPS) is 10.2. The van der Waals surface area contributed by atoms with Gasteiger partial charge < -0.3 is 10.6 Å². The van der Waals surface area contributed by atoms with Gasteiger partial charge in [-0.1, -0.05) is 30.7 Å². The predicted octanol–water partition coefficient (Wildman–Crippen LogP) is 3.59. The van der Waals surface area contributed by atoms with Crippen molar-refractivity contribution < 1.29 is 4.79 Å². The highest BCUT2D eigenvalue weighted by molar-refractivity contribution is 6.34. The number of hydrogen-bond acceptors (Lipinski definition) is 3. The van der Waals surface area contributed by atoms with Gasteiger partial charge in [-0.2, -0.15) is 0 Å². The maximum atomic E-state index is 12.3. The monoisotopic (exact) mass is 289 g/mol. The number of amides is 1. The topological polar surface area (TPSA) is 54.0 Å².